The number of anilines is 1. The van der Waals surface area contributed by atoms with E-state index >= 15 is 0 Å². The van der Waals surface area contributed by atoms with Gasteiger partial charge in [0.25, 0.3) is 0 Å². The van der Waals surface area contributed by atoms with Gasteiger partial charge in [0, 0.05) is 12.6 Å². The third kappa shape index (κ3) is 4.67. The van der Waals surface area contributed by atoms with E-state index in [4.69, 9.17) is 0 Å². The van der Waals surface area contributed by atoms with Gasteiger partial charge >= 0.3 is 5.82 Å². The summed E-state index contributed by atoms with van der Waals surface area (Å²) < 4.78 is 0. The van der Waals surface area contributed by atoms with Gasteiger partial charge in [-0.1, -0.05) is 19.3 Å². The quantitative estimate of drug-likeness (QED) is 0.475. The molecule has 0 atom stereocenters. The van der Waals surface area contributed by atoms with Crippen LogP contribution in [0, 0.1) is 10.1 Å². The van der Waals surface area contributed by atoms with Gasteiger partial charge in [-0.25, -0.2) is 0 Å². The number of hydrogen-bond acceptors (Lipinski definition) is 5. The van der Waals surface area contributed by atoms with Crippen LogP contribution < -0.4 is 5.32 Å². The SMILES string of the molecule is CN(CCCNc1cccnc1[N+](=O)[O-])C1CCCCC1. The van der Waals surface area contributed by atoms with Gasteiger partial charge in [0.2, 0.25) is 0 Å². The van der Waals surface area contributed by atoms with Gasteiger partial charge in [-0.15, -0.1) is 0 Å². The van der Waals surface area contributed by atoms with E-state index in [1.165, 1.54) is 38.3 Å². The van der Waals surface area contributed by atoms with Crippen molar-refractivity contribution >= 4 is 11.5 Å². The minimum Gasteiger partial charge on any atom is -0.378 e. The average Bonchev–Trinajstić information content (AvgIpc) is 2.52. The molecular weight excluding hydrogens is 268 g/mol. The Bertz CT molecular complexity index is 461. The molecule has 0 aliphatic heterocycles. The van der Waals surface area contributed by atoms with Crippen molar-refractivity contribution in [2.45, 2.75) is 44.6 Å². The lowest BCUT2D eigenvalue weighted by molar-refractivity contribution is -0.388. The Labute approximate surface area is 125 Å². The van der Waals surface area contributed by atoms with Gasteiger partial charge in [0.15, 0.2) is 0 Å². The van der Waals surface area contributed by atoms with Crippen LogP contribution in [0.25, 0.3) is 0 Å². The van der Waals surface area contributed by atoms with Gasteiger partial charge in [0.1, 0.15) is 11.9 Å². The van der Waals surface area contributed by atoms with Crippen LogP contribution in [0.15, 0.2) is 18.3 Å². The highest BCUT2D eigenvalue weighted by Gasteiger charge is 2.17. The molecule has 1 N–H and O–H groups in total. The van der Waals surface area contributed by atoms with Gasteiger partial charge in [0.05, 0.1) is 0 Å². The number of rotatable bonds is 7. The Hall–Kier alpha value is -1.69. The molecule has 1 fully saturated rings. The first-order chi connectivity index (χ1) is 10.2. The molecular formula is C15H24N4O2. The molecule has 2 rings (SSSR count). The van der Waals surface area contributed by atoms with E-state index in [2.05, 4.69) is 22.2 Å². The predicted molar refractivity (Wildman–Crippen MR) is 83.5 cm³/mol. The van der Waals surface area contributed by atoms with Crippen molar-refractivity contribution in [2.75, 3.05) is 25.5 Å². The maximum Gasteiger partial charge on any atom is 0.386 e. The number of nitrogens with one attached hydrogen (secondary N) is 1. The van der Waals surface area contributed by atoms with Crippen LogP contribution in [0.1, 0.15) is 38.5 Å². The van der Waals surface area contributed by atoms with Crippen LogP contribution >= 0.6 is 0 Å². The summed E-state index contributed by atoms with van der Waals surface area (Å²) in [6, 6.07) is 4.13. The number of aromatic nitrogens is 1. The fraction of sp³-hybridized carbons (Fsp3) is 0.667. The number of nitrogens with zero attached hydrogens (tertiary/aromatic N) is 3. The van der Waals surface area contributed by atoms with Crippen molar-refractivity contribution in [3.63, 3.8) is 0 Å². The molecule has 0 saturated heterocycles. The average molecular weight is 292 g/mol. The smallest absolute Gasteiger partial charge is 0.378 e. The zero-order chi connectivity index (χ0) is 15.1. The van der Waals surface area contributed by atoms with E-state index in [0.717, 1.165) is 19.5 Å². The van der Waals surface area contributed by atoms with Crippen LogP contribution in [0.4, 0.5) is 11.5 Å². The molecule has 1 aromatic rings. The number of hydrogen-bond donors (Lipinski definition) is 1. The maximum absolute atomic E-state index is 10.9. The van der Waals surface area contributed by atoms with E-state index in [1.807, 2.05) is 0 Å². The van der Waals surface area contributed by atoms with Crippen molar-refractivity contribution < 1.29 is 4.92 Å². The third-order valence-electron chi connectivity index (χ3n) is 4.16. The highest BCUT2D eigenvalue weighted by molar-refractivity contribution is 5.56. The summed E-state index contributed by atoms with van der Waals surface area (Å²) >= 11 is 0. The minimum atomic E-state index is -0.448. The van der Waals surface area contributed by atoms with Crippen molar-refractivity contribution in [1.82, 2.24) is 9.88 Å². The Morgan fingerprint density at radius 3 is 2.90 bits per heavy atom. The first kappa shape index (κ1) is 15.7. The molecule has 21 heavy (non-hydrogen) atoms. The van der Waals surface area contributed by atoms with Crippen LogP contribution in [0.2, 0.25) is 0 Å². The Kier molecular flexibility index (Phi) is 5.92. The van der Waals surface area contributed by atoms with Gasteiger partial charge in [-0.05, 0) is 54.9 Å². The first-order valence-electron chi connectivity index (χ1n) is 7.72. The van der Waals surface area contributed by atoms with E-state index in [9.17, 15) is 10.1 Å². The van der Waals surface area contributed by atoms with Crippen LogP contribution in [-0.4, -0.2) is 41.0 Å². The maximum atomic E-state index is 10.9. The topological polar surface area (TPSA) is 71.3 Å². The highest BCUT2D eigenvalue weighted by atomic mass is 16.6. The summed E-state index contributed by atoms with van der Waals surface area (Å²) in [6.07, 6.45) is 9.08. The molecule has 0 unspecified atom stereocenters. The Morgan fingerprint density at radius 1 is 1.43 bits per heavy atom. The highest BCUT2D eigenvalue weighted by Crippen LogP contribution is 2.22. The standard InChI is InChI=1S/C15H24N4O2/c1-18(13-7-3-2-4-8-13)12-6-11-16-14-9-5-10-17-15(14)19(20)21/h5,9-10,13,16H,2-4,6-8,11-12H2,1H3. The van der Waals surface area contributed by atoms with Gasteiger partial charge in [-0.2, -0.15) is 0 Å². The lowest BCUT2D eigenvalue weighted by atomic mass is 9.94. The zero-order valence-corrected chi connectivity index (χ0v) is 12.6. The largest absolute Gasteiger partial charge is 0.386 e. The molecule has 1 aromatic heterocycles. The molecule has 116 valence electrons. The fourth-order valence-electron chi connectivity index (χ4n) is 2.94. The number of nitro groups is 1. The molecule has 6 heteroatoms. The second kappa shape index (κ2) is 7.93. The first-order valence-corrected chi connectivity index (χ1v) is 7.72. The van der Waals surface area contributed by atoms with Crippen molar-refractivity contribution in [3.8, 4) is 0 Å². The van der Waals surface area contributed by atoms with Crippen molar-refractivity contribution in [1.29, 1.82) is 0 Å². The number of pyridine rings is 1. The molecule has 1 aliphatic carbocycles. The van der Waals surface area contributed by atoms with E-state index in [1.54, 1.807) is 12.1 Å². The molecule has 0 spiro atoms. The second-order valence-corrected chi connectivity index (χ2v) is 5.68. The summed E-state index contributed by atoms with van der Waals surface area (Å²) in [5, 5.41) is 14.0. The summed E-state index contributed by atoms with van der Waals surface area (Å²) in [7, 11) is 2.18. The molecule has 0 amide bonds. The minimum absolute atomic E-state index is 0.0989. The van der Waals surface area contributed by atoms with E-state index in [-0.39, 0.29) is 5.82 Å². The van der Waals surface area contributed by atoms with Gasteiger partial charge in [-0.3, -0.25) is 0 Å². The summed E-state index contributed by atoms with van der Waals surface area (Å²) in [5.74, 6) is -0.0989. The van der Waals surface area contributed by atoms with Crippen molar-refractivity contribution in [3.05, 3.63) is 28.4 Å². The molecule has 0 radical (unpaired) electrons. The van der Waals surface area contributed by atoms with Crippen LogP contribution in [0.5, 0.6) is 0 Å². The van der Waals surface area contributed by atoms with Crippen LogP contribution in [0.3, 0.4) is 0 Å². The summed E-state index contributed by atoms with van der Waals surface area (Å²) in [4.78, 5) is 16.6. The fourth-order valence-corrected chi connectivity index (χ4v) is 2.94. The van der Waals surface area contributed by atoms with Crippen LogP contribution in [-0.2, 0) is 0 Å². The predicted octanol–water partition coefficient (Wildman–Crippen LogP) is 3.06. The molecule has 0 aromatic carbocycles. The molecule has 1 heterocycles. The second-order valence-electron chi connectivity index (χ2n) is 5.68. The normalized spacial score (nSPS) is 16.1. The van der Waals surface area contributed by atoms with E-state index in [0.29, 0.717) is 11.7 Å². The third-order valence-corrected chi connectivity index (χ3v) is 4.16. The summed E-state index contributed by atoms with van der Waals surface area (Å²) in [5.41, 5.74) is 0.503. The van der Waals surface area contributed by atoms with Gasteiger partial charge < -0.3 is 20.3 Å². The Morgan fingerprint density at radius 2 is 2.19 bits per heavy atom. The lowest BCUT2D eigenvalue weighted by Gasteiger charge is -2.31. The molecule has 0 bridgehead atoms. The molecule has 6 nitrogen and oxygen atoms in total. The lowest BCUT2D eigenvalue weighted by Crippen LogP contribution is -2.34. The van der Waals surface area contributed by atoms with E-state index < -0.39 is 4.92 Å². The van der Waals surface area contributed by atoms with Crippen molar-refractivity contribution in [2.24, 2.45) is 0 Å². The summed E-state index contributed by atoms with van der Waals surface area (Å²) in [6.45, 7) is 1.75. The zero-order valence-electron chi connectivity index (χ0n) is 12.6. The Balaban J connectivity index is 1.73. The molecule has 1 aliphatic rings. The molecule has 1 saturated carbocycles. The monoisotopic (exact) mass is 292 g/mol.